The number of hydrogen-bond acceptors (Lipinski definition) is 5. The van der Waals surface area contributed by atoms with Crippen molar-refractivity contribution in [3.05, 3.63) is 59.7 Å². The van der Waals surface area contributed by atoms with Crippen molar-refractivity contribution in [2.45, 2.75) is 19.8 Å². The number of methoxy groups -OCH3 is 1. The summed E-state index contributed by atoms with van der Waals surface area (Å²) in [5, 5.41) is 5.28. The van der Waals surface area contributed by atoms with E-state index in [4.69, 9.17) is 9.47 Å². The van der Waals surface area contributed by atoms with Gasteiger partial charge in [-0.3, -0.25) is 9.59 Å². The fraction of sp³-hybridized carbons (Fsp3) is 0.286. The van der Waals surface area contributed by atoms with Crippen LogP contribution >= 0.6 is 0 Å². The Morgan fingerprint density at radius 1 is 0.964 bits per heavy atom. The molecule has 2 aromatic rings. The number of rotatable bonds is 9. The van der Waals surface area contributed by atoms with E-state index in [0.29, 0.717) is 18.7 Å². The summed E-state index contributed by atoms with van der Waals surface area (Å²) in [6.45, 7) is 1.86. The molecule has 0 saturated carbocycles. The van der Waals surface area contributed by atoms with Crippen molar-refractivity contribution in [1.29, 1.82) is 0 Å². The van der Waals surface area contributed by atoms with E-state index in [-0.39, 0.29) is 30.4 Å². The van der Waals surface area contributed by atoms with Gasteiger partial charge in [-0.15, -0.1) is 0 Å². The average molecular weight is 384 g/mol. The van der Waals surface area contributed by atoms with Crippen molar-refractivity contribution in [3.8, 4) is 5.75 Å². The summed E-state index contributed by atoms with van der Waals surface area (Å²) in [4.78, 5) is 35.9. The van der Waals surface area contributed by atoms with Crippen LogP contribution in [0.25, 0.3) is 0 Å². The lowest BCUT2D eigenvalue weighted by Crippen LogP contribution is -2.28. The summed E-state index contributed by atoms with van der Waals surface area (Å²) in [5.41, 5.74) is 1.55. The molecular formula is C21H24N2O5. The molecule has 0 aliphatic rings. The molecule has 7 nitrogen and oxygen atoms in total. The first kappa shape index (κ1) is 21.0. The highest BCUT2D eigenvalue weighted by Gasteiger charge is 2.15. The lowest BCUT2D eigenvalue weighted by Gasteiger charge is -2.11. The number of para-hydroxylation sites is 1. The number of nitrogens with one attached hydrogen (secondary N) is 2. The maximum atomic E-state index is 12.3. The largest absolute Gasteiger partial charge is 0.497 e. The number of benzene rings is 2. The van der Waals surface area contributed by atoms with Crippen molar-refractivity contribution in [2.75, 3.05) is 25.6 Å². The molecular weight excluding hydrogens is 360 g/mol. The van der Waals surface area contributed by atoms with E-state index in [1.54, 1.807) is 38.3 Å². The Kier molecular flexibility index (Phi) is 8.02. The van der Waals surface area contributed by atoms with Crippen LogP contribution in [-0.2, 0) is 20.7 Å². The number of carbonyl (C=O) groups is 3. The van der Waals surface area contributed by atoms with Gasteiger partial charge in [0.2, 0.25) is 5.91 Å². The van der Waals surface area contributed by atoms with Gasteiger partial charge < -0.3 is 20.1 Å². The molecule has 0 saturated heterocycles. The molecule has 2 amide bonds. The molecule has 28 heavy (non-hydrogen) atoms. The molecule has 0 fully saturated rings. The molecule has 2 N–H and O–H groups in total. The fourth-order valence-corrected chi connectivity index (χ4v) is 2.49. The first-order valence-electron chi connectivity index (χ1n) is 8.99. The minimum absolute atomic E-state index is 0.199. The Morgan fingerprint density at radius 2 is 1.68 bits per heavy atom. The Hall–Kier alpha value is -3.35. The van der Waals surface area contributed by atoms with Crippen molar-refractivity contribution in [2.24, 2.45) is 0 Å². The van der Waals surface area contributed by atoms with Gasteiger partial charge in [0.1, 0.15) is 5.75 Å². The number of likely N-dealkylation sites (N-methyl/N-ethyl adjacent to an activating group) is 1. The number of ether oxygens (including phenoxy) is 2. The number of esters is 1. The summed E-state index contributed by atoms with van der Waals surface area (Å²) in [6, 6.07) is 14.0. The third-order valence-corrected chi connectivity index (χ3v) is 3.93. The van der Waals surface area contributed by atoms with E-state index in [1.165, 1.54) is 0 Å². The van der Waals surface area contributed by atoms with Crippen LogP contribution in [-0.4, -0.2) is 38.0 Å². The van der Waals surface area contributed by atoms with E-state index in [1.807, 2.05) is 24.3 Å². The second-order valence-corrected chi connectivity index (χ2v) is 5.97. The number of aryl methyl sites for hydroxylation is 1. The molecule has 0 radical (unpaired) electrons. The van der Waals surface area contributed by atoms with Crippen LogP contribution in [0.15, 0.2) is 48.5 Å². The Balaban J connectivity index is 1.92. The van der Waals surface area contributed by atoms with E-state index in [9.17, 15) is 14.4 Å². The lowest BCUT2D eigenvalue weighted by molar-refractivity contribution is -0.124. The van der Waals surface area contributed by atoms with Crippen LogP contribution in [0, 0.1) is 0 Å². The zero-order chi connectivity index (χ0) is 20.4. The monoisotopic (exact) mass is 384 g/mol. The van der Waals surface area contributed by atoms with Gasteiger partial charge in [0.05, 0.1) is 18.4 Å². The van der Waals surface area contributed by atoms with Gasteiger partial charge in [0, 0.05) is 13.0 Å². The molecule has 2 aromatic carbocycles. The first-order chi connectivity index (χ1) is 13.5. The van der Waals surface area contributed by atoms with E-state index in [0.717, 1.165) is 11.3 Å². The number of amides is 2. The maximum Gasteiger partial charge on any atom is 0.340 e. The molecule has 0 aliphatic heterocycles. The highest BCUT2D eigenvalue weighted by Crippen LogP contribution is 2.17. The summed E-state index contributed by atoms with van der Waals surface area (Å²) in [6.07, 6.45) is 0.814. The molecule has 0 heterocycles. The Labute approximate surface area is 164 Å². The minimum atomic E-state index is -0.669. The normalized spacial score (nSPS) is 10.1. The van der Waals surface area contributed by atoms with Crippen LogP contribution < -0.4 is 15.4 Å². The third-order valence-electron chi connectivity index (χ3n) is 3.93. The van der Waals surface area contributed by atoms with Crippen molar-refractivity contribution in [3.63, 3.8) is 0 Å². The van der Waals surface area contributed by atoms with Crippen LogP contribution in [0.1, 0.15) is 29.3 Å². The fourth-order valence-electron chi connectivity index (χ4n) is 2.49. The van der Waals surface area contributed by atoms with Crippen LogP contribution in [0.2, 0.25) is 0 Å². The van der Waals surface area contributed by atoms with Crippen LogP contribution in [0.4, 0.5) is 5.69 Å². The molecule has 2 rings (SSSR count). The SMILES string of the molecule is CCNC(=O)COC(=O)c1ccccc1NC(=O)CCc1ccc(OC)cc1. The van der Waals surface area contributed by atoms with Gasteiger partial charge in [0.25, 0.3) is 5.91 Å². The smallest absolute Gasteiger partial charge is 0.340 e. The zero-order valence-electron chi connectivity index (χ0n) is 16.0. The lowest BCUT2D eigenvalue weighted by atomic mass is 10.1. The second-order valence-electron chi connectivity index (χ2n) is 5.97. The summed E-state index contributed by atoms with van der Waals surface area (Å²) in [5.74, 6) is -0.512. The van der Waals surface area contributed by atoms with Crippen molar-refractivity contribution < 1.29 is 23.9 Å². The summed E-state index contributed by atoms with van der Waals surface area (Å²) >= 11 is 0. The zero-order valence-corrected chi connectivity index (χ0v) is 16.0. The van der Waals surface area contributed by atoms with Gasteiger partial charge in [0.15, 0.2) is 6.61 Å². The van der Waals surface area contributed by atoms with E-state index < -0.39 is 5.97 Å². The van der Waals surface area contributed by atoms with Gasteiger partial charge in [-0.05, 0) is 43.2 Å². The first-order valence-corrected chi connectivity index (χ1v) is 8.99. The molecule has 0 unspecified atom stereocenters. The van der Waals surface area contributed by atoms with E-state index >= 15 is 0 Å². The second kappa shape index (κ2) is 10.7. The highest BCUT2D eigenvalue weighted by molar-refractivity contribution is 6.01. The van der Waals surface area contributed by atoms with Gasteiger partial charge in [-0.25, -0.2) is 4.79 Å². The van der Waals surface area contributed by atoms with Crippen molar-refractivity contribution >= 4 is 23.5 Å². The number of anilines is 1. The molecule has 0 atom stereocenters. The highest BCUT2D eigenvalue weighted by atomic mass is 16.5. The molecule has 148 valence electrons. The Bertz CT molecular complexity index is 818. The van der Waals surface area contributed by atoms with Crippen LogP contribution in [0.3, 0.4) is 0 Å². The number of carbonyl (C=O) groups excluding carboxylic acids is 3. The number of hydrogen-bond donors (Lipinski definition) is 2. The molecule has 0 aliphatic carbocycles. The van der Waals surface area contributed by atoms with Gasteiger partial charge in [-0.2, -0.15) is 0 Å². The summed E-state index contributed by atoms with van der Waals surface area (Å²) < 4.78 is 10.1. The molecule has 0 spiro atoms. The minimum Gasteiger partial charge on any atom is -0.497 e. The third kappa shape index (κ3) is 6.42. The van der Waals surface area contributed by atoms with E-state index in [2.05, 4.69) is 10.6 Å². The molecule has 7 heteroatoms. The average Bonchev–Trinajstić information content (AvgIpc) is 2.71. The molecule has 0 aromatic heterocycles. The Morgan fingerprint density at radius 3 is 2.36 bits per heavy atom. The maximum absolute atomic E-state index is 12.3. The summed E-state index contributed by atoms with van der Waals surface area (Å²) in [7, 11) is 1.60. The quantitative estimate of drug-likeness (QED) is 0.648. The van der Waals surface area contributed by atoms with Crippen LogP contribution in [0.5, 0.6) is 5.75 Å². The van der Waals surface area contributed by atoms with Gasteiger partial charge in [-0.1, -0.05) is 24.3 Å². The standard InChI is InChI=1S/C21H24N2O5/c1-3-22-20(25)14-28-21(26)17-6-4-5-7-18(17)23-19(24)13-10-15-8-11-16(27-2)12-9-15/h4-9,11-12H,3,10,13-14H2,1-2H3,(H,22,25)(H,23,24). The predicted molar refractivity (Wildman–Crippen MR) is 105 cm³/mol. The molecule has 0 bridgehead atoms. The van der Waals surface area contributed by atoms with Gasteiger partial charge >= 0.3 is 5.97 Å². The predicted octanol–water partition coefficient (Wildman–Crippen LogP) is 2.56. The topological polar surface area (TPSA) is 93.7 Å². The van der Waals surface area contributed by atoms with Crippen molar-refractivity contribution in [1.82, 2.24) is 5.32 Å².